The molecule has 0 saturated carbocycles. The van der Waals surface area contributed by atoms with E-state index in [-0.39, 0.29) is 12.0 Å². The minimum atomic E-state index is -3.52. The molecule has 0 spiro atoms. The zero-order valence-corrected chi connectivity index (χ0v) is 14.7. The average Bonchev–Trinajstić information content (AvgIpc) is 2.93. The molecule has 2 saturated heterocycles. The van der Waals surface area contributed by atoms with Crippen LogP contribution in [-0.4, -0.2) is 66.5 Å². The van der Waals surface area contributed by atoms with Crippen LogP contribution in [-0.2, 0) is 21.3 Å². The van der Waals surface area contributed by atoms with Crippen LogP contribution >= 0.6 is 0 Å². The van der Waals surface area contributed by atoms with Crippen LogP contribution in [0, 0.1) is 5.92 Å². The third-order valence-electron chi connectivity index (χ3n) is 4.77. The maximum atomic E-state index is 13.1. The number of H-pyrrole nitrogens is 1. The molecule has 2 bridgehead atoms. The van der Waals surface area contributed by atoms with E-state index in [2.05, 4.69) is 14.9 Å². The molecule has 134 valence electrons. The fourth-order valence-electron chi connectivity index (χ4n) is 3.65. The Bertz CT molecular complexity index is 795. The van der Waals surface area contributed by atoms with E-state index in [4.69, 9.17) is 4.74 Å². The number of ether oxygens (including phenoxy) is 1. The van der Waals surface area contributed by atoms with Crippen LogP contribution in [0.5, 0.6) is 0 Å². The Morgan fingerprint density at radius 3 is 2.76 bits per heavy atom. The Morgan fingerprint density at radius 1 is 1.16 bits per heavy atom. The lowest BCUT2D eigenvalue weighted by atomic mass is 10.1. The normalized spacial score (nSPS) is 25.6. The molecule has 0 aliphatic carbocycles. The number of hydrogen-bond donors (Lipinski definition) is 1. The highest BCUT2D eigenvalue weighted by Gasteiger charge is 2.40. The molecule has 2 atom stereocenters. The van der Waals surface area contributed by atoms with Gasteiger partial charge in [0, 0.05) is 37.9 Å². The van der Waals surface area contributed by atoms with Gasteiger partial charge in [0.2, 0.25) is 10.0 Å². The Labute approximate surface area is 147 Å². The molecule has 2 fully saturated rings. The van der Waals surface area contributed by atoms with E-state index >= 15 is 0 Å². The van der Waals surface area contributed by atoms with E-state index in [1.165, 1.54) is 0 Å². The number of imidazole rings is 1. The van der Waals surface area contributed by atoms with Gasteiger partial charge >= 0.3 is 0 Å². The van der Waals surface area contributed by atoms with Crippen molar-refractivity contribution in [2.24, 2.45) is 5.92 Å². The van der Waals surface area contributed by atoms with Crippen LogP contribution in [0.1, 0.15) is 5.82 Å². The van der Waals surface area contributed by atoms with Crippen LogP contribution < -0.4 is 0 Å². The predicted molar refractivity (Wildman–Crippen MR) is 92.3 cm³/mol. The molecular formula is C17H22N4O3S. The fraction of sp³-hybridized carbons (Fsp3) is 0.471. The van der Waals surface area contributed by atoms with Crippen molar-refractivity contribution >= 4 is 10.0 Å². The Morgan fingerprint density at radius 2 is 2.00 bits per heavy atom. The molecule has 4 rings (SSSR count). The zero-order valence-electron chi connectivity index (χ0n) is 13.9. The van der Waals surface area contributed by atoms with Crippen LogP contribution in [0.3, 0.4) is 0 Å². The second-order valence-corrected chi connectivity index (χ2v) is 8.57. The van der Waals surface area contributed by atoms with Crippen molar-refractivity contribution < 1.29 is 13.2 Å². The quantitative estimate of drug-likeness (QED) is 0.875. The van der Waals surface area contributed by atoms with Crippen LogP contribution in [0.25, 0.3) is 0 Å². The van der Waals surface area contributed by atoms with Gasteiger partial charge in [-0.2, -0.15) is 4.31 Å². The lowest BCUT2D eigenvalue weighted by Crippen LogP contribution is -2.46. The SMILES string of the molecule is O=S(=O)(c1ccccc1)N1C[C@H]2COC[C@@H]1CN(Cc1ncc[nH]1)C2. The summed E-state index contributed by atoms with van der Waals surface area (Å²) in [5.74, 6) is 1.05. The number of hydrogen-bond acceptors (Lipinski definition) is 5. The number of nitrogens with zero attached hydrogens (tertiary/aromatic N) is 3. The summed E-state index contributed by atoms with van der Waals surface area (Å²) >= 11 is 0. The van der Waals surface area contributed by atoms with Crippen molar-refractivity contribution in [3.8, 4) is 0 Å². The monoisotopic (exact) mass is 362 g/mol. The maximum Gasteiger partial charge on any atom is 0.243 e. The minimum Gasteiger partial charge on any atom is -0.379 e. The molecule has 2 aliphatic rings. The van der Waals surface area contributed by atoms with E-state index in [1.807, 2.05) is 12.3 Å². The first kappa shape index (κ1) is 16.7. The third-order valence-corrected chi connectivity index (χ3v) is 6.71. The van der Waals surface area contributed by atoms with Gasteiger partial charge in [0.1, 0.15) is 5.82 Å². The van der Waals surface area contributed by atoms with E-state index in [1.54, 1.807) is 34.8 Å². The average molecular weight is 362 g/mol. The maximum absolute atomic E-state index is 13.1. The van der Waals surface area contributed by atoms with Crippen molar-refractivity contribution in [2.75, 3.05) is 32.8 Å². The molecule has 2 aromatic rings. The van der Waals surface area contributed by atoms with Crippen LogP contribution in [0.2, 0.25) is 0 Å². The smallest absolute Gasteiger partial charge is 0.243 e. The zero-order chi connectivity index (χ0) is 17.3. The molecule has 7 nitrogen and oxygen atoms in total. The summed E-state index contributed by atoms with van der Waals surface area (Å²) in [5.41, 5.74) is 0. The first-order chi connectivity index (χ1) is 12.1. The van der Waals surface area contributed by atoms with E-state index in [0.29, 0.717) is 37.7 Å². The lowest BCUT2D eigenvalue weighted by molar-refractivity contribution is 0.0555. The first-order valence-electron chi connectivity index (χ1n) is 8.48. The second-order valence-electron chi connectivity index (χ2n) is 6.68. The van der Waals surface area contributed by atoms with Gasteiger partial charge in [-0.05, 0) is 12.1 Å². The Kier molecular flexibility index (Phi) is 4.60. The number of rotatable bonds is 4. The molecule has 2 aliphatic heterocycles. The van der Waals surface area contributed by atoms with Gasteiger partial charge in [-0.1, -0.05) is 18.2 Å². The van der Waals surface area contributed by atoms with Gasteiger partial charge in [-0.25, -0.2) is 13.4 Å². The van der Waals surface area contributed by atoms with E-state index in [0.717, 1.165) is 12.4 Å². The summed E-state index contributed by atoms with van der Waals surface area (Å²) in [6.45, 7) is 3.65. The summed E-state index contributed by atoms with van der Waals surface area (Å²) < 4.78 is 33.7. The van der Waals surface area contributed by atoms with Crippen LogP contribution in [0.4, 0.5) is 0 Å². The third kappa shape index (κ3) is 3.48. The summed E-state index contributed by atoms with van der Waals surface area (Å²) in [5, 5.41) is 0. The highest BCUT2D eigenvalue weighted by molar-refractivity contribution is 7.89. The van der Waals surface area contributed by atoms with Crippen molar-refractivity contribution in [3.63, 3.8) is 0 Å². The summed E-state index contributed by atoms with van der Waals surface area (Å²) in [6, 6.07) is 8.48. The molecule has 0 unspecified atom stereocenters. The fourth-order valence-corrected chi connectivity index (χ4v) is 5.35. The van der Waals surface area contributed by atoms with Crippen LogP contribution in [0.15, 0.2) is 47.6 Å². The number of sulfonamides is 1. The molecule has 0 amide bonds. The van der Waals surface area contributed by atoms with Gasteiger partial charge in [-0.3, -0.25) is 4.90 Å². The molecule has 8 heteroatoms. The first-order valence-corrected chi connectivity index (χ1v) is 9.92. The van der Waals surface area contributed by atoms with Gasteiger partial charge < -0.3 is 9.72 Å². The number of aromatic nitrogens is 2. The van der Waals surface area contributed by atoms with Gasteiger partial charge in [0.25, 0.3) is 0 Å². The van der Waals surface area contributed by atoms with Crippen molar-refractivity contribution in [2.45, 2.75) is 17.5 Å². The standard InChI is InChI=1S/C17H22N4O3S/c22-25(23,16-4-2-1-3-5-16)21-9-14-8-20(10-15(21)13-24-12-14)11-17-18-6-7-19-17/h1-7,14-15H,8-13H2,(H,18,19)/t14-,15-/m0/s1. The number of benzene rings is 1. The van der Waals surface area contributed by atoms with Gasteiger partial charge in [-0.15, -0.1) is 0 Å². The largest absolute Gasteiger partial charge is 0.379 e. The molecule has 25 heavy (non-hydrogen) atoms. The molecule has 0 radical (unpaired) electrons. The molecular weight excluding hydrogens is 340 g/mol. The molecule has 1 aromatic heterocycles. The molecule has 1 N–H and O–H groups in total. The second kappa shape index (κ2) is 6.87. The van der Waals surface area contributed by atoms with Crippen molar-refractivity contribution in [1.82, 2.24) is 19.2 Å². The highest BCUT2D eigenvalue weighted by atomic mass is 32.2. The van der Waals surface area contributed by atoms with E-state index < -0.39 is 10.0 Å². The number of aromatic amines is 1. The summed E-state index contributed by atoms with van der Waals surface area (Å²) in [4.78, 5) is 10.0. The van der Waals surface area contributed by atoms with E-state index in [9.17, 15) is 8.42 Å². The lowest BCUT2D eigenvalue weighted by Gasteiger charge is -2.30. The molecule has 3 heterocycles. The van der Waals surface area contributed by atoms with Crippen molar-refractivity contribution in [1.29, 1.82) is 0 Å². The number of fused-ring (bicyclic) bond motifs is 3. The summed E-state index contributed by atoms with van der Waals surface area (Å²) in [7, 11) is -3.52. The summed E-state index contributed by atoms with van der Waals surface area (Å²) in [6.07, 6.45) is 3.55. The van der Waals surface area contributed by atoms with Crippen molar-refractivity contribution in [3.05, 3.63) is 48.5 Å². The Balaban J connectivity index is 1.60. The topological polar surface area (TPSA) is 78.5 Å². The minimum absolute atomic E-state index is 0.154. The Hall–Kier alpha value is -1.74. The number of nitrogens with one attached hydrogen (secondary N) is 1. The predicted octanol–water partition coefficient (Wildman–Crippen LogP) is 0.931. The van der Waals surface area contributed by atoms with Gasteiger partial charge in [0.05, 0.1) is 30.7 Å². The highest BCUT2D eigenvalue weighted by Crippen LogP contribution is 2.26. The van der Waals surface area contributed by atoms with Gasteiger partial charge in [0.15, 0.2) is 0 Å². The molecule has 1 aromatic carbocycles.